The van der Waals surface area contributed by atoms with Crippen molar-refractivity contribution in [3.63, 3.8) is 0 Å². The first-order chi connectivity index (χ1) is 12.9. The molecule has 2 aromatic carbocycles. The van der Waals surface area contributed by atoms with Gasteiger partial charge in [-0.05, 0) is 43.0 Å². The summed E-state index contributed by atoms with van der Waals surface area (Å²) < 4.78 is 27.6. The third-order valence-electron chi connectivity index (χ3n) is 4.21. The lowest BCUT2D eigenvalue weighted by Gasteiger charge is -2.07. The van der Waals surface area contributed by atoms with Gasteiger partial charge in [0.05, 0.1) is 15.3 Å². The topological polar surface area (TPSA) is 94.5 Å². The van der Waals surface area contributed by atoms with Gasteiger partial charge in [0.25, 0.3) is 15.9 Å². The molecule has 6 nitrogen and oxygen atoms in total. The van der Waals surface area contributed by atoms with Crippen molar-refractivity contribution in [1.29, 1.82) is 0 Å². The molecule has 2 N–H and O–H groups in total. The van der Waals surface area contributed by atoms with Gasteiger partial charge in [-0.1, -0.05) is 35.9 Å². The molecule has 3 aromatic rings. The van der Waals surface area contributed by atoms with Crippen LogP contribution in [0.2, 0.25) is 0 Å². The number of benzene rings is 2. The van der Waals surface area contributed by atoms with Crippen LogP contribution in [0.1, 0.15) is 11.1 Å². The fourth-order valence-corrected chi connectivity index (χ4v) is 4.93. The highest BCUT2D eigenvalue weighted by Gasteiger charge is 2.23. The van der Waals surface area contributed by atoms with Gasteiger partial charge in [0.1, 0.15) is 0 Å². The SMILES string of the molecule is Cc1ccc(S(=O)(=O)n2cc(/C=C3\SC(N)=NC3=O)c3ccccc32)cc1. The minimum atomic E-state index is -3.78. The molecule has 0 radical (unpaired) electrons. The van der Waals surface area contributed by atoms with E-state index in [1.807, 2.05) is 19.1 Å². The van der Waals surface area contributed by atoms with Crippen LogP contribution in [0.3, 0.4) is 0 Å². The lowest BCUT2D eigenvalue weighted by Crippen LogP contribution is -2.11. The van der Waals surface area contributed by atoms with Crippen molar-refractivity contribution in [3.05, 3.63) is 70.8 Å². The molecule has 4 rings (SSSR count). The number of thioether (sulfide) groups is 1. The number of fused-ring (bicyclic) bond motifs is 1. The first-order valence-corrected chi connectivity index (χ1v) is 10.3. The molecule has 2 heterocycles. The number of hydrogen-bond donors (Lipinski definition) is 1. The summed E-state index contributed by atoms with van der Waals surface area (Å²) in [7, 11) is -3.78. The zero-order valence-electron chi connectivity index (χ0n) is 14.3. The largest absolute Gasteiger partial charge is 0.378 e. The van der Waals surface area contributed by atoms with Gasteiger partial charge in [-0.3, -0.25) is 4.79 Å². The summed E-state index contributed by atoms with van der Waals surface area (Å²) in [5, 5.41) is 0.904. The van der Waals surface area contributed by atoms with E-state index in [-0.39, 0.29) is 10.1 Å². The molecule has 0 saturated carbocycles. The third-order valence-corrected chi connectivity index (χ3v) is 6.71. The summed E-state index contributed by atoms with van der Waals surface area (Å²) in [6.45, 7) is 1.90. The third kappa shape index (κ3) is 3.07. The Balaban J connectivity index is 1.89. The van der Waals surface area contributed by atoms with Gasteiger partial charge in [0, 0.05) is 17.1 Å². The quantitative estimate of drug-likeness (QED) is 0.685. The summed E-state index contributed by atoms with van der Waals surface area (Å²) in [4.78, 5) is 16.1. The Hall–Kier alpha value is -2.84. The first-order valence-electron chi connectivity index (χ1n) is 8.06. The van der Waals surface area contributed by atoms with Crippen LogP contribution in [0.5, 0.6) is 0 Å². The van der Waals surface area contributed by atoms with Crippen LogP contribution in [0, 0.1) is 6.92 Å². The molecule has 1 aromatic heterocycles. The van der Waals surface area contributed by atoms with Gasteiger partial charge in [-0.2, -0.15) is 4.99 Å². The van der Waals surface area contributed by atoms with E-state index in [1.165, 1.54) is 10.2 Å². The van der Waals surface area contributed by atoms with Crippen LogP contribution in [-0.2, 0) is 14.8 Å². The van der Waals surface area contributed by atoms with Crippen molar-refractivity contribution in [1.82, 2.24) is 3.97 Å². The predicted octanol–water partition coefficient (Wildman–Crippen LogP) is 3.12. The van der Waals surface area contributed by atoms with Crippen LogP contribution in [0.25, 0.3) is 17.0 Å². The number of rotatable bonds is 3. The lowest BCUT2D eigenvalue weighted by atomic mass is 10.1. The Morgan fingerprint density at radius 1 is 1.11 bits per heavy atom. The van der Waals surface area contributed by atoms with Crippen LogP contribution in [0.4, 0.5) is 0 Å². The number of para-hydroxylation sites is 1. The molecule has 136 valence electrons. The second kappa shape index (κ2) is 6.40. The monoisotopic (exact) mass is 397 g/mol. The number of aromatic nitrogens is 1. The molecule has 0 fully saturated rings. The average molecular weight is 397 g/mol. The number of carbonyl (C=O) groups is 1. The van der Waals surface area contributed by atoms with Gasteiger partial charge in [0.2, 0.25) is 0 Å². The van der Waals surface area contributed by atoms with Gasteiger partial charge < -0.3 is 5.73 Å². The molecule has 27 heavy (non-hydrogen) atoms. The predicted molar refractivity (Wildman–Crippen MR) is 108 cm³/mol. The maximum Gasteiger partial charge on any atom is 0.286 e. The average Bonchev–Trinajstić information content (AvgIpc) is 3.16. The fourth-order valence-electron chi connectivity index (χ4n) is 2.88. The molecule has 0 unspecified atom stereocenters. The Labute approximate surface area is 160 Å². The Kier molecular flexibility index (Phi) is 4.16. The summed E-state index contributed by atoms with van der Waals surface area (Å²) in [6.07, 6.45) is 3.15. The van der Waals surface area contributed by atoms with E-state index < -0.39 is 15.9 Å². The maximum absolute atomic E-state index is 13.2. The minimum Gasteiger partial charge on any atom is -0.378 e. The van der Waals surface area contributed by atoms with Crippen LogP contribution >= 0.6 is 11.8 Å². The summed E-state index contributed by atoms with van der Waals surface area (Å²) in [5.41, 5.74) is 7.72. The van der Waals surface area contributed by atoms with Gasteiger partial charge in [-0.15, -0.1) is 0 Å². The number of nitrogens with zero attached hydrogens (tertiary/aromatic N) is 2. The number of carbonyl (C=O) groups excluding carboxylic acids is 1. The van der Waals surface area contributed by atoms with Crippen molar-refractivity contribution >= 4 is 49.8 Å². The molecular formula is C19H15N3O3S2. The minimum absolute atomic E-state index is 0.183. The molecule has 0 saturated heterocycles. The van der Waals surface area contributed by atoms with Gasteiger partial charge in [0.15, 0.2) is 5.17 Å². The summed E-state index contributed by atoms with van der Waals surface area (Å²) in [6, 6.07) is 13.8. The highest BCUT2D eigenvalue weighted by atomic mass is 32.2. The summed E-state index contributed by atoms with van der Waals surface area (Å²) in [5.74, 6) is -0.421. The van der Waals surface area contributed by atoms with E-state index in [9.17, 15) is 13.2 Å². The van der Waals surface area contributed by atoms with Crippen LogP contribution in [-0.4, -0.2) is 23.5 Å². The zero-order chi connectivity index (χ0) is 19.2. The number of hydrogen-bond acceptors (Lipinski definition) is 5. The fraction of sp³-hybridized carbons (Fsp3) is 0.0526. The highest BCUT2D eigenvalue weighted by molar-refractivity contribution is 8.18. The zero-order valence-corrected chi connectivity index (χ0v) is 15.9. The number of nitrogens with two attached hydrogens (primary N) is 1. The lowest BCUT2D eigenvalue weighted by molar-refractivity contribution is -0.113. The molecule has 1 aliphatic rings. The smallest absolute Gasteiger partial charge is 0.286 e. The normalized spacial score (nSPS) is 16.3. The Morgan fingerprint density at radius 2 is 1.81 bits per heavy atom. The molecule has 0 spiro atoms. The van der Waals surface area contributed by atoms with Crippen molar-refractivity contribution in [2.45, 2.75) is 11.8 Å². The van der Waals surface area contributed by atoms with E-state index in [0.717, 1.165) is 22.7 Å². The van der Waals surface area contributed by atoms with E-state index in [2.05, 4.69) is 4.99 Å². The Morgan fingerprint density at radius 3 is 2.48 bits per heavy atom. The van der Waals surface area contributed by atoms with Crippen molar-refractivity contribution in [3.8, 4) is 0 Å². The highest BCUT2D eigenvalue weighted by Crippen LogP contribution is 2.31. The molecule has 8 heteroatoms. The second-order valence-electron chi connectivity index (χ2n) is 6.08. The molecular weight excluding hydrogens is 382 g/mol. The molecule has 0 bridgehead atoms. The standard InChI is InChI=1S/C19H15N3O3S2/c1-12-6-8-14(9-7-12)27(24,25)22-11-13(15-4-2-3-5-16(15)22)10-17-18(23)21-19(20)26-17/h2-11H,1H3,(H2,20,21,23)/b17-10-. The number of aryl methyl sites for hydroxylation is 1. The van der Waals surface area contributed by atoms with Crippen LogP contribution in [0.15, 0.2) is 69.5 Å². The maximum atomic E-state index is 13.2. The number of aliphatic imine (C=N–C) groups is 1. The van der Waals surface area contributed by atoms with Gasteiger partial charge >= 0.3 is 0 Å². The molecule has 1 aliphatic heterocycles. The number of amides is 1. The van der Waals surface area contributed by atoms with Crippen molar-refractivity contribution < 1.29 is 13.2 Å². The van der Waals surface area contributed by atoms with Crippen LogP contribution < -0.4 is 5.73 Å². The Bertz CT molecular complexity index is 1240. The molecule has 0 aliphatic carbocycles. The van der Waals surface area contributed by atoms with E-state index in [0.29, 0.717) is 16.0 Å². The van der Waals surface area contributed by atoms with E-state index in [1.54, 1.807) is 42.5 Å². The first kappa shape index (κ1) is 17.6. The molecule has 1 amide bonds. The van der Waals surface area contributed by atoms with Crippen molar-refractivity contribution in [2.75, 3.05) is 0 Å². The van der Waals surface area contributed by atoms with E-state index in [4.69, 9.17) is 5.73 Å². The van der Waals surface area contributed by atoms with Crippen molar-refractivity contribution in [2.24, 2.45) is 10.7 Å². The van der Waals surface area contributed by atoms with Gasteiger partial charge in [-0.25, -0.2) is 12.4 Å². The van der Waals surface area contributed by atoms with E-state index >= 15 is 0 Å². The molecule has 0 atom stereocenters. The number of amidine groups is 1. The second-order valence-corrected chi connectivity index (χ2v) is 8.96. The summed E-state index contributed by atoms with van der Waals surface area (Å²) >= 11 is 1.07.